The SMILES string of the molecule is COc1ccc(S(=O)(=O)N(C)C)cc1NC(=O)CCOc1ccccc1. The average molecular weight is 378 g/mol. The van der Waals surface area contributed by atoms with Crippen LogP contribution in [-0.2, 0) is 14.8 Å². The summed E-state index contributed by atoms with van der Waals surface area (Å²) in [5, 5.41) is 2.67. The van der Waals surface area contributed by atoms with Crippen molar-refractivity contribution in [1.29, 1.82) is 0 Å². The van der Waals surface area contributed by atoms with Crippen LogP contribution >= 0.6 is 0 Å². The molecule has 2 aromatic rings. The molecule has 0 heterocycles. The number of ether oxygens (including phenoxy) is 2. The van der Waals surface area contributed by atoms with Gasteiger partial charge in [-0.1, -0.05) is 18.2 Å². The van der Waals surface area contributed by atoms with Gasteiger partial charge in [-0.3, -0.25) is 4.79 Å². The van der Waals surface area contributed by atoms with Crippen LogP contribution in [0.25, 0.3) is 0 Å². The van der Waals surface area contributed by atoms with Crippen molar-refractivity contribution >= 4 is 21.6 Å². The number of anilines is 1. The van der Waals surface area contributed by atoms with Crippen LogP contribution in [-0.4, -0.2) is 46.4 Å². The predicted molar refractivity (Wildman–Crippen MR) is 99.1 cm³/mol. The Kier molecular flexibility index (Phi) is 6.59. The number of methoxy groups -OCH3 is 1. The Balaban J connectivity index is 2.06. The highest BCUT2D eigenvalue weighted by Crippen LogP contribution is 2.28. The second-order valence-electron chi connectivity index (χ2n) is 5.61. The summed E-state index contributed by atoms with van der Waals surface area (Å²) in [6, 6.07) is 13.5. The molecule has 0 radical (unpaired) electrons. The number of para-hydroxylation sites is 1. The third-order valence-electron chi connectivity index (χ3n) is 3.56. The van der Waals surface area contributed by atoms with Gasteiger partial charge in [-0.25, -0.2) is 12.7 Å². The Morgan fingerprint density at radius 3 is 2.42 bits per heavy atom. The van der Waals surface area contributed by atoms with E-state index in [9.17, 15) is 13.2 Å². The molecule has 0 fully saturated rings. The molecule has 0 aliphatic carbocycles. The van der Waals surface area contributed by atoms with Gasteiger partial charge in [-0.15, -0.1) is 0 Å². The van der Waals surface area contributed by atoms with E-state index in [1.165, 1.54) is 39.4 Å². The van der Waals surface area contributed by atoms with Crippen molar-refractivity contribution < 1.29 is 22.7 Å². The van der Waals surface area contributed by atoms with E-state index < -0.39 is 10.0 Å². The van der Waals surface area contributed by atoms with Gasteiger partial charge in [0.25, 0.3) is 0 Å². The van der Waals surface area contributed by atoms with Crippen molar-refractivity contribution in [2.75, 3.05) is 33.1 Å². The summed E-state index contributed by atoms with van der Waals surface area (Å²) in [6.45, 7) is 0.202. The van der Waals surface area contributed by atoms with Crippen molar-refractivity contribution in [2.24, 2.45) is 0 Å². The highest BCUT2D eigenvalue weighted by molar-refractivity contribution is 7.89. The van der Waals surface area contributed by atoms with E-state index in [4.69, 9.17) is 9.47 Å². The van der Waals surface area contributed by atoms with Gasteiger partial charge < -0.3 is 14.8 Å². The largest absolute Gasteiger partial charge is 0.495 e. The third-order valence-corrected chi connectivity index (χ3v) is 5.38. The number of benzene rings is 2. The molecule has 0 saturated heterocycles. The second kappa shape index (κ2) is 8.68. The van der Waals surface area contributed by atoms with Gasteiger partial charge in [0.1, 0.15) is 11.5 Å². The summed E-state index contributed by atoms with van der Waals surface area (Å²) >= 11 is 0. The normalized spacial score (nSPS) is 11.2. The monoisotopic (exact) mass is 378 g/mol. The molecule has 7 nitrogen and oxygen atoms in total. The minimum absolute atomic E-state index is 0.0686. The molecule has 8 heteroatoms. The number of amides is 1. The van der Waals surface area contributed by atoms with Gasteiger partial charge in [0, 0.05) is 14.1 Å². The summed E-state index contributed by atoms with van der Waals surface area (Å²) in [4.78, 5) is 12.2. The lowest BCUT2D eigenvalue weighted by Gasteiger charge is -2.15. The fraction of sp³-hybridized carbons (Fsp3) is 0.278. The van der Waals surface area contributed by atoms with Crippen molar-refractivity contribution in [2.45, 2.75) is 11.3 Å². The minimum Gasteiger partial charge on any atom is -0.495 e. The molecule has 0 saturated carbocycles. The van der Waals surface area contributed by atoms with Gasteiger partial charge in [0.05, 0.1) is 30.7 Å². The fourth-order valence-electron chi connectivity index (χ4n) is 2.15. The van der Waals surface area contributed by atoms with Gasteiger partial charge >= 0.3 is 0 Å². The lowest BCUT2D eigenvalue weighted by molar-refractivity contribution is -0.116. The first-order valence-corrected chi connectivity index (χ1v) is 9.37. The Morgan fingerprint density at radius 2 is 1.81 bits per heavy atom. The number of hydrogen-bond acceptors (Lipinski definition) is 5. The first-order chi connectivity index (χ1) is 12.3. The molecular formula is C18H22N2O5S. The molecule has 1 amide bonds. The van der Waals surface area contributed by atoms with Crippen molar-refractivity contribution in [3.05, 3.63) is 48.5 Å². The van der Waals surface area contributed by atoms with Crippen LogP contribution in [0.15, 0.2) is 53.4 Å². The molecule has 140 valence electrons. The molecule has 0 atom stereocenters. The number of rotatable bonds is 8. The molecule has 0 aliphatic heterocycles. The van der Waals surface area contributed by atoms with Gasteiger partial charge in [-0.2, -0.15) is 0 Å². The molecule has 0 unspecified atom stereocenters. The molecule has 0 spiro atoms. The molecular weight excluding hydrogens is 356 g/mol. The molecule has 1 N–H and O–H groups in total. The van der Waals surface area contributed by atoms with Crippen LogP contribution in [0.5, 0.6) is 11.5 Å². The van der Waals surface area contributed by atoms with Crippen molar-refractivity contribution in [1.82, 2.24) is 4.31 Å². The van der Waals surface area contributed by atoms with Crippen LogP contribution in [0.2, 0.25) is 0 Å². The zero-order chi connectivity index (χ0) is 19.2. The molecule has 0 aliphatic rings. The minimum atomic E-state index is -3.61. The lowest BCUT2D eigenvalue weighted by Crippen LogP contribution is -2.22. The summed E-state index contributed by atoms with van der Waals surface area (Å²) in [6.07, 6.45) is 0.114. The predicted octanol–water partition coefficient (Wildman–Crippen LogP) is 2.35. The van der Waals surface area contributed by atoms with Gasteiger partial charge in [-0.05, 0) is 30.3 Å². The van der Waals surface area contributed by atoms with E-state index in [1.54, 1.807) is 12.1 Å². The number of nitrogens with one attached hydrogen (secondary N) is 1. The Hall–Kier alpha value is -2.58. The zero-order valence-electron chi connectivity index (χ0n) is 14.9. The maximum atomic E-state index is 12.3. The second-order valence-corrected chi connectivity index (χ2v) is 7.76. The Morgan fingerprint density at radius 1 is 1.12 bits per heavy atom. The van der Waals surface area contributed by atoms with Crippen LogP contribution in [0, 0.1) is 0 Å². The maximum Gasteiger partial charge on any atom is 0.242 e. The van der Waals surface area contributed by atoms with Gasteiger partial charge in [0.15, 0.2) is 0 Å². The Bertz CT molecular complexity index is 851. The van der Waals surface area contributed by atoms with Gasteiger partial charge in [0.2, 0.25) is 15.9 Å². The summed E-state index contributed by atoms with van der Waals surface area (Å²) in [5.41, 5.74) is 0.292. The Labute approximate surface area is 153 Å². The first-order valence-electron chi connectivity index (χ1n) is 7.93. The van der Waals surface area contributed by atoms with E-state index in [1.807, 2.05) is 18.2 Å². The molecule has 2 rings (SSSR count). The van der Waals surface area contributed by atoms with Crippen LogP contribution in [0.3, 0.4) is 0 Å². The maximum absolute atomic E-state index is 12.3. The highest BCUT2D eigenvalue weighted by atomic mass is 32.2. The van der Waals surface area contributed by atoms with Crippen LogP contribution in [0.4, 0.5) is 5.69 Å². The van der Waals surface area contributed by atoms with E-state index in [0.29, 0.717) is 17.2 Å². The third kappa shape index (κ3) is 4.96. The highest BCUT2D eigenvalue weighted by Gasteiger charge is 2.19. The fourth-order valence-corrected chi connectivity index (χ4v) is 3.08. The van der Waals surface area contributed by atoms with E-state index in [0.717, 1.165) is 4.31 Å². The van der Waals surface area contributed by atoms with Crippen molar-refractivity contribution in [3.8, 4) is 11.5 Å². The summed E-state index contributed by atoms with van der Waals surface area (Å²) in [7, 11) is 0.723. The number of nitrogens with zero attached hydrogens (tertiary/aromatic N) is 1. The number of carbonyl (C=O) groups excluding carboxylic acids is 1. The molecule has 0 aromatic heterocycles. The topological polar surface area (TPSA) is 84.9 Å². The molecule has 26 heavy (non-hydrogen) atoms. The van der Waals surface area contributed by atoms with E-state index in [2.05, 4.69) is 5.32 Å². The standard InChI is InChI=1S/C18H22N2O5S/c1-20(2)26(22,23)15-9-10-17(24-3)16(13-15)19-18(21)11-12-25-14-7-5-4-6-8-14/h4-10,13H,11-12H2,1-3H3,(H,19,21). The smallest absolute Gasteiger partial charge is 0.242 e. The van der Waals surface area contributed by atoms with E-state index >= 15 is 0 Å². The van der Waals surface area contributed by atoms with E-state index in [-0.39, 0.29) is 23.8 Å². The number of hydrogen-bond donors (Lipinski definition) is 1. The number of carbonyl (C=O) groups is 1. The summed E-state index contributed by atoms with van der Waals surface area (Å²) in [5.74, 6) is 0.746. The lowest BCUT2D eigenvalue weighted by atomic mass is 10.2. The zero-order valence-corrected chi connectivity index (χ0v) is 15.7. The molecule has 2 aromatic carbocycles. The molecule has 0 bridgehead atoms. The number of sulfonamides is 1. The van der Waals surface area contributed by atoms with Crippen LogP contribution < -0.4 is 14.8 Å². The first kappa shape index (κ1) is 19.7. The summed E-state index contributed by atoms with van der Waals surface area (Å²) < 4.78 is 36.3. The quantitative estimate of drug-likeness (QED) is 0.762. The van der Waals surface area contributed by atoms with Crippen LogP contribution in [0.1, 0.15) is 6.42 Å². The average Bonchev–Trinajstić information content (AvgIpc) is 2.62. The van der Waals surface area contributed by atoms with Crippen molar-refractivity contribution in [3.63, 3.8) is 0 Å².